The summed E-state index contributed by atoms with van der Waals surface area (Å²) in [5.41, 5.74) is 2.72. The lowest BCUT2D eigenvalue weighted by Gasteiger charge is -2.15. The highest BCUT2D eigenvalue weighted by Gasteiger charge is 2.50. The Morgan fingerprint density at radius 2 is 2.00 bits per heavy atom. The minimum absolute atomic E-state index is 0.0700. The van der Waals surface area contributed by atoms with E-state index in [2.05, 4.69) is 46.8 Å². The maximum absolute atomic E-state index is 12.2. The van der Waals surface area contributed by atoms with Gasteiger partial charge >= 0.3 is 0 Å². The lowest BCUT2D eigenvalue weighted by Crippen LogP contribution is -2.13. The number of Topliss-reactive ketones (excluding diaryl/α,β-unsaturated/α-hetero) is 1. The van der Waals surface area contributed by atoms with Gasteiger partial charge in [0.05, 0.1) is 11.7 Å². The Hall–Kier alpha value is -0.890. The van der Waals surface area contributed by atoms with Gasteiger partial charge in [-0.25, -0.2) is 0 Å². The average Bonchev–Trinajstić information content (AvgIpc) is 3.06. The molecule has 2 nitrogen and oxygen atoms in total. The normalized spacial score (nSPS) is 39.3. The maximum atomic E-state index is 12.2. The van der Waals surface area contributed by atoms with Crippen LogP contribution in [0.1, 0.15) is 73.1 Å². The van der Waals surface area contributed by atoms with Crippen molar-refractivity contribution in [3.05, 3.63) is 23.3 Å². The molecule has 1 saturated heterocycles. The molecule has 0 N–H and O–H groups in total. The van der Waals surface area contributed by atoms with Crippen LogP contribution in [-0.4, -0.2) is 17.5 Å². The van der Waals surface area contributed by atoms with Gasteiger partial charge in [0.15, 0.2) is 0 Å². The molecule has 0 aromatic heterocycles. The summed E-state index contributed by atoms with van der Waals surface area (Å²) < 4.78 is 5.98. The number of epoxide rings is 1. The molecule has 1 aliphatic heterocycles. The molecule has 2 aliphatic rings. The SMILES string of the molecule is C/C1=C\C=C(\C(C)C)CC[C@]2(C)O[C@@H]2CC[C@@H](C)CC(=O)C1. The van der Waals surface area contributed by atoms with Crippen molar-refractivity contribution in [3.8, 4) is 0 Å². The summed E-state index contributed by atoms with van der Waals surface area (Å²) in [6.45, 7) is 11.0. The van der Waals surface area contributed by atoms with Gasteiger partial charge in [-0.05, 0) is 51.4 Å². The number of hydrogen-bond acceptors (Lipinski definition) is 2. The van der Waals surface area contributed by atoms with Gasteiger partial charge in [-0.1, -0.05) is 44.1 Å². The van der Waals surface area contributed by atoms with Crippen LogP contribution in [0.25, 0.3) is 0 Å². The van der Waals surface area contributed by atoms with E-state index in [9.17, 15) is 4.79 Å². The fourth-order valence-electron chi connectivity index (χ4n) is 3.45. The number of ketones is 1. The Labute approximate surface area is 136 Å². The van der Waals surface area contributed by atoms with Crippen LogP contribution in [-0.2, 0) is 9.53 Å². The molecule has 0 aromatic rings. The van der Waals surface area contributed by atoms with E-state index in [-0.39, 0.29) is 5.60 Å². The second kappa shape index (κ2) is 7.12. The van der Waals surface area contributed by atoms with Crippen LogP contribution in [0.3, 0.4) is 0 Å². The molecule has 2 rings (SSSR count). The van der Waals surface area contributed by atoms with Crippen LogP contribution in [0.4, 0.5) is 0 Å². The first-order valence-electron chi connectivity index (χ1n) is 8.86. The van der Waals surface area contributed by atoms with E-state index in [0.717, 1.165) is 25.7 Å². The number of carbonyl (C=O) groups is 1. The summed E-state index contributed by atoms with van der Waals surface area (Å²) in [7, 11) is 0. The molecule has 22 heavy (non-hydrogen) atoms. The van der Waals surface area contributed by atoms with Gasteiger partial charge in [0, 0.05) is 12.8 Å². The van der Waals surface area contributed by atoms with Gasteiger partial charge < -0.3 is 4.74 Å². The molecular weight excluding hydrogens is 272 g/mol. The number of ether oxygens (including phenoxy) is 1. The fraction of sp³-hybridized carbons (Fsp3) is 0.750. The quantitative estimate of drug-likeness (QED) is 0.621. The Morgan fingerprint density at radius 3 is 2.68 bits per heavy atom. The second-order valence-corrected chi connectivity index (χ2v) is 7.93. The average molecular weight is 304 g/mol. The van der Waals surface area contributed by atoms with Crippen molar-refractivity contribution < 1.29 is 9.53 Å². The number of carbonyl (C=O) groups excluding carboxylic acids is 1. The van der Waals surface area contributed by atoms with E-state index in [4.69, 9.17) is 4.74 Å². The van der Waals surface area contributed by atoms with Gasteiger partial charge in [-0.2, -0.15) is 0 Å². The first kappa shape index (κ1) is 17.5. The lowest BCUT2D eigenvalue weighted by molar-refractivity contribution is -0.119. The van der Waals surface area contributed by atoms with Crippen LogP contribution in [0.5, 0.6) is 0 Å². The molecule has 2 heteroatoms. The predicted octanol–water partition coefficient (Wildman–Crippen LogP) is 5.23. The van der Waals surface area contributed by atoms with Gasteiger partial charge in [0.25, 0.3) is 0 Å². The summed E-state index contributed by atoms with van der Waals surface area (Å²) in [6.07, 6.45) is 10.5. The molecule has 0 amide bonds. The summed E-state index contributed by atoms with van der Waals surface area (Å²) in [4.78, 5) is 12.2. The molecule has 1 fully saturated rings. The van der Waals surface area contributed by atoms with Gasteiger partial charge in [0.1, 0.15) is 5.78 Å². The van der Waals surface area contributed by atoms with Crippen molar-refractivity contribution in [1.82, 2.24) is 0 Å². The molecule has 0 aromatic carbocycles. The minimum atomic E-state index is 0.0700. The molecule has 3 atom stereocenters. The van der Waals surface area contributed by atoms with Crippen molar-refractivity contribution in [3.63, 3.8) is 0 Å². The molecular formula is C20H32O2. The Bertz CT molecular complexity index is 472. The zero-order chi connectivity index (χ0) is 16.3. The third-order valence-electron chi connectivity index (χ3n) is 5.24. The second-order valence-electron chi connectivity index (χ2n) is 7.93. The number of hydrogen-bond donors (Lipinski definition) is 0. The zero-order valence-corrected chi connectivity index (χ0v) is 14.9. The highest BCUT2D eigenvalue weighted by molar-refractivity contribution is 5.80. The first-order chi connectivity index (χ1) is 10.3. The smallest absolute Gasteiger partial charge is 0.137 e. The summed E-state index contributed by atoms with van der Waals surface area (Å²) in [5.74, 6) is 1.39. The van der Waals surface area contributed by atoms with Crippen molar-refractivity contribution in [2.24, 2.45) is 11.8 Å². The summed E-state index contributed by atoms with van der Waals surface area (Å²) >= 11 is 0. The van der Waals surface area contributed by atoms with E-state index in [1.807, 2.05) is 0 Å². The van der Waals surface area contributed by atoms with Gasteiger partial charge in [0.2, 0.25) is 0 Å². The largest absolute Gasteiger partial charge is 0.366 e. The van der Waals surface area contributed by atoms with Crippen LogP contribution >= 0.6 is 0 Å². The summed E-state index contributed by atoms with van der Waals surface area (Å²) in [6, 6.07) is 0. The third-order valence-corrected chi connectivity index (χ3v) is 5.24. The van der Waals surface area contributed by atoms with Crippen LogP contribution in [0.2, 0.25) is 0 Å². The molecule has 0 saturated carbocycles. The topological polar surface area (TPSA) is 29.6 Å². The molecule has 1 aliphatic carbocycles. The molecule has 0 unspecified atom stereocenters. The van der Waals surface area contributed by atoms with E-state index in [0.29, 0.717) is 36.6 Å². The highest BCUT2D eigenvalue weighted by atomic mass is 16.6. The number of rotatable bonds is 1. The van der Waals surface area contributed by atoms with E-state index >= 15 is 0 Å². The van der Waals surface area contributed by atoms with E-state index < -0.39 is 0 Å². The van der Waals surface area contributed by atoms with Crippen LogP contribution in [0.15, 0.2) is 23.3 Å². The number of fused-ring (bicyclic) bond motifs is 1. The fourth-order valence-corrected chi connectivity index (χ4v) is 3.45. The van der Waals surface area contributed by atoms with Crippen molar-refractivity contribution >= 4 is 5.78 Å². The number of allylic oxidation sites excluding steroid dienone is 4. The summed E-state index contributed by atoms with van der Waals surface area (Å²) in [5, 5.41) is 0. The standard InChI is InChI=1S/C20H32O2/c1-14(2)17-8-6-15(3)12-18(21)13-16(4)7-9-19-20(5,22-19)11-10-17/h6,8,14,16,19H,7,9-13H2,1-5H3/b15-6+,17-8+/t16-,19-,20+/m1/s1. The van der Waals surface area contributed by atoms with Crippen molar-refractivity contribution in [2.45, 2.75) is 84.8 Å². The predicted molar refractivity (Wildman–Crippen MR) is 91.8 cm³/mol. The van der Waals surface area contributed by atoms with Crippen molar-refractivity contribution in [2.75, 3.05) is 0 Å². The third kappa shape index (κ3) is 4.81. The molecule has 0 radical (unpaired) electrons. The molecule has 0 spiro atoms. The molecule has 1 heterocycles. The first-order valence-corrected chi connectivity index (χ1v) is 8.86. The highest BCUT2D eigenvalue weighted by Crippen LogP contribution is 2.44. The monoisotopic (exact) mass is 304 g/mol. The van der Waals surface area contributed by atoms with Gasteiger partial charge in [-0.3, -0.25) is 4.79 Å². The van der Waals surface area contributed by atoms with Gasteiger partial charge in [-0.15, -0.1) is 0 Å². The van der Waals surface area contributed by atoms with E-state index in [1.165, 1.54) is 11.1 Å². The zero-order valence-electron chi connectivity index (χ0n) is 14.9. The lowest BCUT2D eigenvalue weighted by atomic mass is 9.88. The Kier molecular flexibility index (Phi) is 5.65. The van der Waals surface area contributed by atoms with E-state index in [1.54, 1.807) is 0 Å². The van der Waals surface area contributed by atoms with Crippen molar-refractivity contribution in [1.29, 1.82) is 0 Å². The maximum Gasteiger partial charge on any atom is 0.137 e. The molecule has 0 bridgehead atoms. The Morgan fingerprint density at radius 1 is 1.27 bits per heavy atom. The van der Waals surface area contributed by atoms with Crippen LogP contribution < -0.4 is 0 Å². The minimum Gasteiger partial charge on any atom is -0.366 e. The molecule has 124 valence electrons. The van der Waals surface area contributed by atoms with Crippen LogP contribution in [0, 0.1) is 11.8 Å². The Balaban J connectivity index is 2.14.